The zero-order valence-corrected chi connectivity index (χ0v) is 9.51. The summed E-state index contributed by atoms with van der Waals surface area (Å²) in [5.41, 5.74) is 0.302. The van der Waals surface area contributed by atoms with Crippen LogP contribution >= 0.6 is 0 Å². The summed E-state index contributed by atoms with van der Waals surface area (Å²) < 4.78 is 0. The highest BCUT2D eigenvalue weighted by molar-refractivity contribution is 5.47. The van der Waals surface area contributed by atoms with E-state index in [2.05, 4.69) is 29.5 Å². The van der Waals surface area contributed by atoms with Gasteiger partial charge in [-0.2, -0.15) is 0 Å². The molecule has 0 bridgehead atoms. The lowest BCUT2D eigenvalue weighted by molar-refractivity contribution is 0.821. The number of pyridine rings is 1. The van der Waals surface area contributed by atoms with Crippen LogP contribution in [0.1, 0.15) is 33.1 Å². The maximum Gasteiger partial charge on any atom is 0.128 e. The average Bonchev–Trinajstić information content (AvgIpc) is 2.93. The smallest absolute Gasteiger partial charge is 0.128 e. The van der Waals surface area contributed by atoms with Crippen LogP contribution in [0, 0.1) is 0 Å². The van der Waals surface area contributed by atoms with Gasteiger partial charge in [0.05, 0.1) is 0 Å². The highest BCUT2D eigenvalue weighted by atomic mass is 15.1. The summed E-state index contributed by atoms with van der Waals surface area (Å²) in [6.07, 6.45) is 3.62. The zero-order chi connectivity index (χ0) is 10.7. The van der Waals surface area contributed by atoms with E-state index in [-0.39, 0.29) is 0 Å². The summed E-state index contributed by atoms with van der Waals surface area (Å²) in [6, 6.07) is 6.08. The van der Waals surface area contributed by atoms with Crippen molar-refractivity contribution in [2.75, 3.05) is 17.2 Å². The van der Waals surface area contributed by atoms with E-state index < -0.39 is 0 Å². The van der Waals surface area contributed by atoms with E-state index in [0.717, 1.165) is 24.6 Å². The Labute approximate surface area is 91.3 Å². The maximum atomic E-state index is 4.51. The van der Waals surface area contributed by atoms with Crippen molar-refractivity contribution < 1.29 is 0 Å². The first-order valence-electron chi connectivity index (χ1n) is 5.71. The molecule has 1 aromatic rings. The number of nitrogens with zero attached hydrogens (tertiary/aromatic N) is 1. The van der Waals surface area contributed by atoms with Crippen LogP contribution in [0.2, 0.25) is 0 Å². The van der Waals surface area contributed by atoms with Crippen molar-refractivity contribution in [3.05, 3.63) is 18.2 Å². The summed E-state index contributed by atoms with van der Waals surface area (Å²) in [6.45, 7) is 5.37. The van der Waals surface area contributed by atoms with Gasteiger partial charge in [0.1, 0.15) is 11.6 Å². The molecule has 1 aliphatic carbocycles. The first kappa shape index (κ1) is 10.3. The Morgan fingerprint density at radius 1 is 1.33 bits per heavy atom. The number of aromatic nitrogens is 1. The number of hydrogen-bond donors (Lipinski definition) is 2. The highest BCUT2D eigenvalue weighted by Gasteiger charge is 2.37. The minimum Gasteiger partial charge on any atom is -0.370 e. The van der Waals surface area contributed by atoms with E-state index in [4.69, 9.17) is 0 Å². The van der Waals surface area contributed by atoms with Gasteiger partial charge in [0.2, 0.25) is 0 Å². The molecule has 0 amide bonds. The fraction of sp³-hybridized carbons (Fsp3) is 0.583. The molecule has 2 rings (SSSR count). The molecule has 3 heteroatoms. The summed E-state index contributed by atoms with van der Waals surface area (Å²) >= 11 is 0. The van der Waals surface area contributed by atoms with Gasteiger partial charge in [0, 0.05) is 12.1 Å². The van der Waals surface area contributed by atoms with E-state index >= 15 is 0 Å². The minimum atomic E-state index is 0.302. The molecular formula is C12H19N3. The van der Waals surface area contributed by atoms with Gasteiger partial charge in [-0.3, -0.25) is 0 Å². The summed E-state index contributed by atoms with van der Waals surface area (Å²) in [4.78, 5) is 4.51. The topological polar surface area (TPSA) is 37.0 Å². The van der Waals surface area contributed by atoms with Gasteiger partial charge in [0.25, 0.3) is 0 Å². The second-order valence-electron chi connectivity index (χ2n) is 4.52. The summed E-state index contributed by atoms with van der Waals surface area (Å²) in [7, 11) is 0. The molecular weight excluding hydrogens is 186 g/mol. The van der Waals surface area contributed by atoms with Crippen LogP contribution in [0.25, 0.3) is 0 Å². The van der Waals surface area contributed by atoms with Crippen molar-refractivity contribution >= 4 is 11.6 Å². The molecule has 0 saturated heterocycles. The lowest BCUT2D eigenvalue weighted by Crippen LogP contribution is -2.17. The normalized spacial score (nSPS) is 17.2. The third-order valence-electron chi connectivity index (χ3n) is 2.74. The molecule has 1 fully saturated rings. The molecule has 1 aromatic heterocycles. The summed E-state index contributed by atoms with van der Waals surface area (Å²) in [5.74, 6) is 1.95. The Kier molecular flexibility index (Phi) is 2.80. The molecule has 1 heterocycles. The van der Waals surface area contributed by atoms with E-state index in [1.54, 1.807) is 0 Å². The third kappa shape index (κ3) is 2.85. The summed E-state index contributed by atoms with van der Waals surface area (Å²) in [5, 5.41) is 6.75. The molecule has 3 nitrogen and oxygen atoms in total. The van der Waals surface area contributed by atoms with E-state index in [9.17, 15) is 0 Å². The molecule has 0 aromatic carbocycles. The van der Waals surface area contributed by atoms with Crippen LogP contribution in [-0.2, 0) is 0 Å². The molecule has 15 heavy (non-hydrogen) atoms. The van der Waals surface area contributed by atoms with Crippen molar-refractivity contribution in [1.29, 1.82) is 0 Å². The zero-order valence-electron chi connectivity index (χ0n) is 9.51. The van der Waals surface area contributed by atoms with E-state index in [0.29, 0.717) is 5.54 Å². The lowest BCUT2D eigenvalue weighted by Gasteiger charge is -2.13. The highest BCUT2D eigenvalue weighted by Crippen LogP contribution is 2.37. The minimum absolute atomic E-state index is 0.302. The van der Waals surface area contributed by atoms with Crippen LogP contribution in [-0.4, -0.2) is 17.1 Å². The van der Waals surface area contributed by atoms with E-state index in [1.807, 2.05) is 18.2 Å². The average molecular weight is 205 g/mol. The predicted octanol–water partition coefficient (Wildman–Crippen LogP) is 2.87. The Morgan fingerprint density at radius 3 is 2.73 bits per heavy atom. The molecule has 1 aliphatic rings. The molecule has 82 valence electrons. The Balaban J connectivity index is 1.98. The van der Waals surface area contributed by atoms with Gasteiger partial charge in [0.15, 0.2) is 0 Å². The van der Waals surface area contributed by atoms with E-state index in [1.165, 1.54) is 12.8 Å². The Hall–Kier alpha value is -1.25. The van der Waals surface area contributed by atoms with Gasteiger partial charge in [-0.1, -0.05) is 13.0 Å². The quantitative estimate of drug-likeness (QED) is 0.776. The molecule has 0 radical (unpaired) electrons. The largest absolute Gasteiger partial charge is 0.370 e. The second kappa shape index (κ2) is 4.09. The van der Waals surface area contributed by atoms with Crippen molar-refractivity contribution in [3.8, 4) is 0 Å². The SMILES string of the molecule is CCCNc1cccc(NC2(C)CC2)n1. The fourth-order valence-corrected chi connectivity index (χ4v) is 1.48. The first-order chi connectivity index (χ1) is 7.22. The van der Waals surface area contributed by atoms with Gasteiger partial charge in [-0.25, -0.2) is 4.98 Å². The number of nitrogens with one attached hydrogen (secondary N) is 2. The molecule has 1 saturated carbocycles. The van der Waals surface area contributed by atoms with Crippen LogP contribution in [0.5, 0.6) is 0 Å². The van der Waals surface area contributed by atoms with Gasteiger partial charge < -0.3 is 10.6 Å². The number of anilines is 2. The van der Waals surface area contributed by atoms with Crippen molar-refractivity contribution in [1.82, 2.24) is 4.98 Å². The van der Waals surface area contributed by atoms with Gasteiger partial charge in [-0.15, -0.1) is 0 Å². The molecule has 0 aliphatic heterocycles. The molecule has 0 unspecified atom stereocenters. The third-order valence-corrected chi connectivity index (χ3v) is 2.74. The van der Waals surface area contributed by atoms with Gasteiger partial charge in [-0.05, 0) is 38.3 Å². The van der Waals surface area contributed by atoms with Crippen molar-refractivity contribution in [2.24, 2.45) is 0 Å². The van der Waals surface area contributed by atoms with Crippen LogP contribution in [0.4, 0.5) is 11.6 Å². The predicted molar refractivity (Wildman–Crippen MR) is 64.3 cm³/mol. The fourth-order valence-electron chi connectivity index (χ4n) is 1.48. The second-order valence-corrected chi connectivity index (χ2v) is 4.52. The van der Waals surface area contributed by atoms with Crippen molar-refractivity contribution in [3.63, 3.8) is 0 Å². The standard InChI is InChI=1S/C12H19N3/c1-3-9-13-10-5-4-6-11(14-10)15-12(2)7-8-12/h4-6H,3,7-9H2,1-2H3,(H2,13,14,15). The first-order valence-corrected chi connectivity index (χ1v) is 5.71. The number of hydrogen-bond acceptors (Lipinski definition) is 3. The molecule has 2 N–H and O–H groups in total. The van der Waals surface area contributed by atoms with Gasteiger partial charge >= 0.3 is 0 Å². The lowest BCUT2D eigenvalue weighted by atomic mass is 10.3. The maximum absolute atomic E-state index is 4.51. The Bertz CT molecular complexity index is 331. The number of rotatable bonds is 5. The van der Waals surface area contributed by atoms with Crippen LogP contribution in [0.15, 0.2) is 18.2 Å². The van der Waals surface area contributed by atoms with Crippen LogP contribution < -0.4 is 10.6 Å². The molecule has 0 spiro atoms. The van der Waals surface area contributed by atoms with Crippen molar-refractivity contribution in [2.45, 2.75) is 38.6 Å². The molecule has 0 atom stereocenters. The Morgan fingerprint density at radius 2 is 2.07 bits per heavy atom. The monoisotopic (exact) mass is 205 g/mol. The van der Waals surface area contributed by atoms with Crippen LogP contribution in [0.3, 0.4) is 0 Å².